The molecule has 0 aliphatic rings. The quantitative estimate of drug-likeness (QED) is 0.514. The van der Waals surface area contributed by atoms with Crippen LogP contribution in [0.25, 0.3) is 0 Å². The van der Waals surface area contributed by atoms with Gasteiger partial charge in [-0.05, 0) is 40.3 Å². The maximum absolute atomic E-state index is 11.7. The first-order valence-electron chi connectivity index (χ1n) is 8.63. The number of carbonyl (C=O) groups excluding carboxylic acids is 1. The van der Waals surface area contributed by atoms with Gasteiger partial charge in [0.2, 0.25) is 5.91 Å². The van der Waals surface area contributed by atoms with Crippen molar-refractivity contribution in [2.45, 2.75) is 78.3 Å². The van der Waals surface area contributed by atoms with Crippen LogP contribution in [0, 0.1) is 0 Å². The van der Waals surface area contributed by atoms with Crippen LogP contribution in [0.3, 0.4) is 0 Å². The SMILES string of the molecule is CC(C)NCCCCCCCCNC(=O)CN(C)C(C)C. The molecule has 0 radical (unpaired) electrons. The second-order valence-electron chi connectivity index (χ2n) is 6.59. The van der Waals surface area contributed by atoms with Crippen LogP contribution in [-0.2, 0) is 4.79 Å². The van der Waals surface area contributed by atoms with Crippen molar-refractivity contribution in [2.24, 2.45) is 0 Å². The van der Waals surface area contributed by atoms with Crippen LogP contribution >= 0.6 is 0 Å². The van der Waals surface area contributed by atoms with E-state index in [0.717, 1.165) is 19.5 Å². The third-order valence-corrected chi connectivity index (χ3v) is 3.75. The summed E-state index contributed by atoms with van der Waals surface area (Å²) in [5, 5.41) is 6.44. The molecule has 0 aliphatic heterocycles. The highest BCUT2D eigenvalue weighted by Crippen LogP contribution is 2.04. The molecule has 0 rings (SSSR count). The summed E-state index contributed by atoms with van der Waals surface area (Å²) in [5.74, 6) is 0.144. The van der Waals surface area contributed by atoms with Crippen LogP contribution in [0.2, 0.25) is 0 Å². The smallest absolute Gasteiger partial charge is 0.234 e. The maximum Gasteiger partial charge on any atom is 0.234 e. The number of hydrogen-bond donors (Lipinski definition) is 2. The van der Waals surface area contributed by atoms with Gasteiger partial charge in [0.1, 0.15) is 0 Å². The first-order valence-corrected chi connectivity index (χ1v) is 8.63. The Morgan fingerprint density at radius 1 is 0.905 bits per heavy atom. The van der Waals surface area contributed by atoms with E-state index in [0.29, 0.717) is 18.6 Å². The van der Waals surface area contributed by atoms with Crippen LogP contribution in [0.15, 0.2) is 0 Å². The van der Waals surface area contributed by atoms with Gasteiger partial charge in [-0.1, -0.05) is 39.5 Å². The topological polar surface area (TPSA) is 44.4 Å². The van der Waals surface area contributed by atoms with Crippen molar-refractivity contribution in [3.63, 3.8) is 0 Å². The average Bonchev–Trinajstić information content (AvgIpc) is 2.40. The second kappa shape index (κ2) is 13.1. The van der Waals surface area contributed by atoms with E-state index in [1.807, 2.05) is 7.05 Å². The third kappa shape index (κ3) is 14.1. The Morgan fingerprint density at radius 2 is 1.43 bits per heavy atom. The molecule has 2 N–H and O–H groups in total. The molecule has 0 unspecified atom stereocenters. The lowest BCUT2D eigenvalue weighted by molar-refractivity contribution is -0.122. The zero-order valence-electron chi connectivity index (χ0n) is 14.9. The highest BCUT2D eigenvalue weighted by molar-refractivity contribution is 5.77. The van der Waals surface area contributed by atoms with Crippen LogP contribution in [0.1, 0.15) is 66.2 Å². The van der Waals surface area contributed by atoms with Gasteiger partial charge in [-0.2, -0.15) is 0 Å². The van der Waals surface area contributed by atoms with E-state index < -0.39 is 0 Å². The summed E-state index contributed by atoms with van der Waals surface area (Å²) in [5.41, 5.74) is 0. The number of unbranched alkanes of at least 4 members (excludes halogenated alkanes) is 5. The van der Waals surface area contributed by atoms with Gasteiger partial charge in [0.05, 0.1) is 6.54 Å². The number of rotatable bonds is 13. The van der Waals surface area contributed by atoms with Crippen molar-refractivity contribution in [2.75, 3.05) is 26.7 Å². The Kier molecular flexibility index (Phi) is 12.7. The fourth-order valence-electron chi connectivity index (χ4n) is 2.04. The van der Waals surface area contributed by atoms with Crippen LogP contribution in [-0.4, -0.2) is 49.6 Å². The minimum atomic E-state index is 0.144. The van der Waals surface area contributed by atoms with Gasteiger partial charge < -0.3 is 10.6 Å². The summed E-state index contributed by atoms with van der Waals surface area (Å²) >= 11 is 0. The van der Waals surface area contributed by atoms with Gasteiger partial charge in [0.25, 0.3) is 0 Å². The molecule has 0 heterocycles. The van der Waals surface area contributed by atoms with E-state index in [4.69, 9.17) is 0 Å². The van der Waals surface area contributed by atoms with E-state index >= 15 is 0 Å². The summed E-state index contributed by atoms with van der Waals surface area (Å²) in [4.78, 5) is 13.7. The van der Waals surface area contributed by atoms with Crippen LogP contribution in [0.4, 0.5) is 0 Å². The number of nitrogens with zero attached hydrogens (tertiary/aromatic N) is 1. The summed E-state index contributed by atoms with van der Waals surface area (Å²) < 4.78 is 0. The van der Waals surface area contributed by atoms with Crippen molar-refractivity contribution >= 4 is 5.91 Å². The van der Waals surface area contributed by atoms with E-state index in [2.05, 4.69) is 43.2 Å². The standard InChI is InChI=1S/C17H37N3O/c1-15(2)18-12-10-8-6-7-9-11-13-19-17(21)14-20(5)16(3)4/h15-16,18H,6-14H2,1-5H3,(H,19,21). The van der Waals surface area contributed by atoms with Crippen molar-refractivity contribution in [3.05, 3.63) is 0 Å². The fourth-order valence-corrected chi connectivity index (χ4v) is 2.04. The van der Waals surface area contributed by atoms with Crippen LogP contribution < -0.4 is 10.6 Å². The van der Waals surface area contributed by atoms with Gasteiger partial charge >= 0.3 is 0 Å². The van der Waals surface area contributed by atoms with Crippen LogP contribution in [0.5, 0.6) is 0 Å². The molecule has 126 valence electrons. The minimum absolute atomic E-state index is 0.144. The van der Waals surface area contributed by atoms with Gasteiger partial charge in [-0.3, -0.25) is 9.69 Å². The molecule has 0 aliphatic carbocycles. The molecule has 0 spiro atoms. The molecule has 0 aromatic carbocycles. The first kappa shape index (κ1) is 20.4. The molecule has 0 fully saturated rings. The average molecular weight is 300 g/mol. The highest BCUT2D eigenvalue weighted by Gasteiger charge is 2.08. The minimum Gasteiger partial charge on any atom is -0.355 e. The monoisotopic (exact) mass is 299 g/mol. The molecule has 0 atom stereocenters. The molecular weight excluding hydrogens is 262 g/mol. The lowest BCUT2D eigenvalue weighted by Crippen LogP contribution is -2.38. The predicted molar refractivity (Wildman–Crippen MR) is 91.6 cm³/mol. The van der Waals surface area contributed by atoms with E-state index in [-0.39, 0.29) is 5.91 Å². The Bertz CT molecular complexity index is 254. The first-order chi connectivity index (χ1) is 9.93. The van der Waals surface area contributed by atoms with E-state index in [1.165, 1.54) is 32.1 Å². The number of amides is 1. The van der Waals surface area contributed by atoms with Gasteiger partial charge in [-0.15, -0.1) is 0 Å². The van der Waals surface area contributed by atoms with Crippen molar-refractivity contribution in [1.29, 1.82) is 0 Å². The molecule has 0 aromatic heterocycles. The Hall–Kier alpha value is -0.610. The fraction of sp³-hybridized carbons (Fsp3) is 0.941. The number of nitrogens with one attached hydrogen (secondary N) is 2. The lowest BCUT2D eigenvalue weighted by Gasteiger charge is -2.20. The molecule has 1 amide bonds. The molecule has 0 aromatic rings. The lowest BCUT2D eigenvalue weighted by atomic mass is 10.1. The third-order valence-electron chi connectivity index (χ3n) is 3.75. The summed E-state index contributed by atoms with van der Waals surface area (Å²) in [7, 11) is 1.98. The van der Waals surface area contributed by atoms with Crippen molar-refractivity contribution in [3.8, 4) is 0 Å². The van der Waals surface area contributed by atoms with Crippen molar-refractivity contribution in [1.82, 2.24) is 15.5 Å². The highest BCUT2D eigenvalue weighted by atomic mass is 16.2. The normalized spacial score (nSPS) is 11.6. The van der Waals surface area contributed by atoms with Gasteiger partial charge in [-0.25, -0.2) is 0 Å². The largest absolute Gasteiger partial charge is 0.355 e. The zero-order valence-corrected chi connectivity index (χ0v) is 14.9. The maximum atomic E-state index is 11.7. The molecule has 0 bridgehead atoms. The predicted octanol–water partition coefficient (Wildman–Crippen LogP) is 2.78. The molecule has 0 saturated carbocycles. The van der Waals surface area contributed by atoms with Crippen molar-refractivity contribution < 1.29 is 4.79 Å². The molecule has 0 saturated heterocycles. The molecule has 21 heavy (non-hydrogen) atoms. The molecular formula is C17H37N3O. The zero-order chi connectivity index (χ0) is 16.1. The Balaban J connectivity index is 3.27. The number of likely N-dealkylation sites (N-methyl/N-ethyl adjacent to an activating group) is 1. The summed E-state index contributed by atoms with van der Waals surface area (Å²) in [6.45, 7) is 11.0. The summed E-state index contributed by atoms with van der Waals surface area (Å²) in [6.07, 6.45) is 7.49. The van der Waals surface area contributed by atoms with E-state index in [9.17, 15) is 4.79 Å². The molecule has 4 heteroatoms. The Morgan fingerprint density at radius 3 is 1.95 bits per heavy atom. The number of carbonyl (C=O) groups is 1. The van der Waals surface area contributed by atoms with E-state index in [1.54, 1.807) is 0 Å². The number of hydrogen-bond acceptors (Lipinski definition) is 3. The summed E-state index contributed by atoms with van der Waals surface area (Å²) in [6, 6.07) is 1.02. The second-order valence-corrected chi connectivity index (χ2v) is 6.59. The Labute approximate surface area is 132 Å². The van der Waals surface area contributed by atoms with Gasteiger partial charge in [0.15, 0.2) is 0 Å². The van der Waals surface area contributed by atoms with Gasteiger partial charge in [0, 0.05) is 18.6 Å². The molecule has 4 nitrogen and oxygen atoms in total.